The van der Waals surface area contributed by atoms with Crippen LogP contribution in [0.3, 0.4) is 0 Å². The molecule has 0 aliphatic rings. The Balaban J connectivity index is 3.37. The number of carboxylic acids is 1. The SMILES string of the molecule is C=C(I)NC(=C)CCCCC(=O)O. The molecule has 0 aromatic rings. The number of hydrogen-bond acceptors (Lipinski definition) is 2. The van der Waals surface area contributed by atoms with Crippen molar-refractivity contribution in [2.75, 3.05) is 0 Å². The molecule has 3 nitrogen and oxygen atoms in total. The molecule has 0 unspecified atom stereocenters. The zero-order valence-corrected chi connectivity index (χ0v) is 9.63. The van der Waals surface area contributed by atoms with Crippen molar-refractivity contribution < 1.29 is 9.90 Å². The molecule has 0 saturated heterocycles. The summed E-state index contributed by atoms with van der Waals surface area (Å²) in [5, 5.41) is 11.4. The molecule has 0 amide bonds. The standard InChI is InChI=1S/C9H14INO2/c1-7(11-8(2)10)5-3-4-6-9(12)13/h11H,1-6H2,(H,12,13). The summed E-state index contributed by atoms with van der Waals surface area (Å²) in [7, 11) is 0. The van der Waals surface area contributed by atoms with Crippen molar-refractivity contribution in [1.82, 2.24) is 5.32 Å². The molecular weight excluding hydrogens is 281 g/mol. The van der Waals surface area contributed by atoms with Crippen LogP contribution in [0, 0.1) is 0 Å². The highest BCUT2D eigenvalue weighted by atomic mass is 127. The van der Waals surface area contributed by atoms with E-state index in [1.807, 2.05) is 0 Å². The maximum absolute atomic E-state index is 10.2. The van der Waals surface area contributed by atoms with Crippen molar-refractivity contribution in [3.05, 3.63) is 22.6 Å². The monoisotopic (exact) mass is 295 g/mol. The normalized spacial score (nSPS) is 9.31. The molecule has 0 aromatic carbocycles. The van der Waals surface area contributed by atoms with Gasteiger partial charge in [0.15, 0.2) is 0 Å². The highest BCUT2D eigenvalue weighted by molar-refractivity contribution is 14.1. The van der Waals surface area contributed by atoms with Gasteiger partial charge in [-0.3, -0.25) is 4.79 Å². The summed E-state index contributed by atoms with van der Waals surface area (Å²) in [6, 6.07) is 0. The summed E-state index contributed by atoms with van der Waals surface area (Å²) in [6.45, 7) is 7.46. The van der Waals surface area contributed by atoms with Crippen molar-refractivity contribution in [3.63, 3.8) is 0 Å². The van der Waals surface area contributed by atoms with Gasteiger partial charge < -0.3 is 10.4 Å². The van der Waals surface area contributed by atoms with Crippen LogP contribution in [0.15, 0.2) is 22.6 Å². The van der Waals surface area contributed by atoms with Crippen LogP contribution in [-0.2, 0) is 4.79 Å². The Bertz CT molecular complexity index is 214. The van der Waals surface area contributed by atoms with E-state index in [-0.39, 0.29) is 6.42 Å². The highest BCUT2D eigenvalue weighted by Gasteiger charge is 1.98. The fraction of sp³-hybridized carbons (Fsp3) is 0.444. The molecule has 0 aliphatic carbocycles. The van der Waals surface area contributed by atoms with Crippen molar-refractivity contribution in [3.8, 4) is 0 Å². The number of hydrogen-bond donors (Lipinski definition) is 2. The summed E-state index contributed by atoms with van der Waals surface area (Å²) in [5.41, 5.74) is 0.893. The summed E-state index contributed by atoms with van der Waals surface area (Å²) in [6.07, 6.45) is 2.58. The Morgan fingerprint density at radius 3 is 2.31 bits per heavy atom. The molecule has 0 bridgehead atoms. The number of carboxylic acid groups (broad SMARTS) is 1. The van der Waals surface area contributed by atoms with Gasteiger partial charge in [0.25, 0.3) is 0 Å². The van der Waals surface area contributed by atoms with Gasteiger partial charge in [0, 0.05) is 12.1 Å². The van der Waals surface area contributed by atoms with Gasteiger partial charge in [0.1, 0.15) is 0 Å². The largest absolute Gasteiger partial charge is 0.481 e. The topological polar surface area (TPSA) is 49.3 Å². The van der Waals surface area contributed by atoms with Crippen molar-refractivity contribution in [2.45, 2.75) is 25.7 Å². The minimum absolute atomic E-state index is 0.235. The van der Waals surface area contributed by atoms with Crippen molar-refractivity contribution in [2.24, 2.45) is 0 Å². The third-order valence-electron chi connectivity index (χ3n) is 1.43. The fourth-order valence-corrected chi connectivity index (χ4v) is 1.25. The average molecular weight is 295 g/mol. The van der Waals surface area contributed by atoms with E-state index >= 15 is 0 Å². The number of carbonyl (C=O) groups is 1. The Morgan fingerprint density at radius 2 is 1.85 bits per heavy atom. The number of nitrogens with one attached hydrogen (secondary N) is 1. The molecule has 0 aromatic heterocycles. The average Bonchev–Trinajstić information content (AvgIpc) is 1.96. The molecule has 0 atom stereocenters. The molecular formula is C9H14INO2. The van der Waals surface area contributed by atoms with Crippen molar-refractivity contribution in [1.29, 1.82) is 0 Å². The zero-order valence-electron chi connectivity index (χ0n) is 7.48. The van der Waals surface area contributed by atoms with Gasteiger partial charge >= 0.3 is 5.97 Å². The van der Waals surface area contributed by atoms with Crippen LogP contribution in [0.4, 0.5) is 0 Å². The summed E-state index contributed by atoms with van der Waals surface area (Å²) >= 11 is 2.07. The molecule has 0 rings (SSSR count). The predicted molar refractivity (Wildman–Crippen MR) is 61.5 cm³/mol. The number of aliphatic carboxylic acids is 1. The quantitative estimate of drug-likeness (QED) is 0.431. The first-order valence-electron chi connectivity index (χ1n) is 4.03. The van der Waals surface area contributed by atoms with Crippen LogP contribution in [0.2, 0.25) is 0 Å². The van der Waals surface area contributed by atoms with Crippen molar-refractivity contribution >= 4 is 28.6 Å². The Labute approximate surface area is 92.0 Å². The van der Waals surface area contributed by atoms with Gasteiger partial charge in [0.2, 0.25) is 0 Å². The van der Waals surface area contributed by atoms with Crippen LogP contribution in [0.5, 0.6) is 0 Å². The number of rotatable bonds is 7. The van der Waals surface area contributed by atoms with Gasteiger partial charge in [-0.25, -0.2) is 0 Å². The van der Waals surface area contributed by atoms with E-state index in [4.69, 9.17) is 5.11 Å². The molecule has 4 heteroatoms. The minimum Gasteiger partial charge on any atom is -0.481 e. The third kappa shape index (κ3) is 9.39. The smallest absolute Gasteiger partial charge is 0.303 e. The van der Waals surface area contributed by atoms with E-state index in [1.165, 1.54) is 0 Å². The molecule has 13 heavy (non-hydrogen) atoms. The van der Waals surface area contributed by atoms with Gasteiger partial charge in [-0.15, -0.1) is 0 Å². The first kappa shape index (κ1) is 12.5. The lowest BCUT2D eigenvalue weighted by Crippen LogP contribution is -2.06. The summed E-state index contributed by atoms with van der Waals surface area (Å²) in [4.78, 5) is 10.2. The van der Waals surface area contributed by atoms with Gasteiger partial charge in [0.05, 0.1) is 3.70 Å². The van der Waals surface area contributed by atoms with E-state index in [1.54, 1.807) is 0 Å². The maximum Gasteiger partial charge on any atom is 0.303 e. The summed E-state index contributed by atoms with van der Waals surface area (Å²) < 4.78 is 0.834. The lowest BCUT2D eigenvalue weighted by Gasteiger charge is -2.06. The van der Waals surface area contributed by atoms with E-state index < -0.39 is 5.97 Å². The third-order valence-corrected chi connectivity index (χ3v) is 1.70. The fourth-order valence-electron chi connectivity index (χ4n) is 0.869. The lowest BCUT2D eigenvalue weighted by molar-refractivity contribution is -0.137. The minimum atomic E-state index is -0.739. The van der Waals surface area contributed by atoms with Crippen LogP contribution < -0.4 is 5.32 Å². The van der Waals surface area contributed by atoms with Crippen LogP contribution in [-0.4, -0.2) is 11.1 Å². The Hall–Kier alpha value is -0.520. The van der Waals surface area contributed by atoms with Gasteiger partial charge in [-0.05, 0) is 41.9 Å². The Kier molecular flexibility index (Phi) is 6.66. The molecule has 0 aliphatic heterocycles. The van der Waals surface area contributed by atoms with Gasteiger partial charge in [-0.2, -0.15) is 0 Å². The van der Waals surface area contributed by atoms with Crippen LogP contribution in [0.25, 0.3) is 0 Å². The molecule has 0 radical (unpaired) electrons. The van der Waals surface area contributed by atoms with E-state index in [2.05, 4.69) is 41.1 Å². The number of allylic oxidation sites excluding steroid dienone is 1. The van der Waals surface area contributed by atoms with E-state index in [0.717, 1.165) is 22.2 Å². The molecule has 74 valence electrons. The molecule has 0 spiro atoms. The molecule has 0 fully saturated rings. The molecule has 0 heterocycles. The Morgan fingerprint density at radius 1 is 1.31 bits per heavy atom. The van der Waals surface area contributed by atoms with E-state index in [9.17, 15) is 4.79 Å². The van der Waals surface area contributed by atoms with Gasteiger partial charge in [-0.1, -0.05) is 13.2 Å². The first-order chi connectivity index (χ1) is 6.02. The second kappa shape index (κ2) is 6.94. The summed E-state index contributed by atoms with van der Waals surface area (Å²) in [5.74, 6) is -0.739. The maximum atomic E-state index is 10.2. The molecule has 2 N–H and O–H groups in total. The highest BCUT2D eigenvalue weighted by Crippen LogP contribution is 2.08. The first-order valence-corrected chi connectivity index (χ1v) is 5.11. The van der Waals surface area contributed by atoms with E-state index in [0.29, 0.717) is 6.42 Å². The second-order valence-electron chi connectivity index (χ2n) is 2.73. The number of unbranched alkanes of at least 4 members (excludes halogenated alkanes) is 1. The van der Waals surface area contributed by atoms with Crippen LogP contribution in [0.1, 0.15) is 25.7 Å². The zero-order chi connectivity index (χ0) is 10.3. The predicted octanol–water partition coefficient (Wildman–Crippen LogP) is 2.64. The number of halogens is 1. The second-order valence-corrected chi connectivity index (χ2v) is 4.04. The lowest BCUT2D eigenvalue weighted by atomic mass is 10.1. The molecule has 0 saturated carbocycles. The van der Waals surface area contributed by atoms with Crippen LogP contribution >= 0.6 is 22.6 Å².